The topological polar surface area (TPSA) is 56.7 Å². The fourth-order valence-corrected chi connectivity index (χ4v) is 4.11. The first-order valence-electron chi connectivity index (χ1n) is 9.73. The van der Waals surface area contributed by atoms with E-state index in [1.807, 2.05) is 6.92 Å². The van der Waals surface area contributed by atoms with Crippen LogP contribution in [0.25, 0.3) is 0 Å². The van der Waals surface area contributed by atoms with Crippen LogP contribution >= 0.6 is 35.6 Å². The van der Waals surface area contributed by atoms with Crippen molar-refractivity contribution in [2.45, 2.75) is 44.6 Å². The number of benzene rings is 1. The number of guanidine groups is 1. The third-order valence-corrected chi connectivity index (χ3v) is 5.78. The summed E-state index contributed by atoms with van der Waals surface area (Å²) in [5.74, 6) is 1.27. The Bertz CT molecular complexity index is 689. The Morgan fingerprint density at radius 2 is 2.07 bits per heavy atom. The lowest BCUT2D eigenvalue weighted by atomic mass is 9.93. The van der Waals surface area contributed by atoms with Gasteiger partial charge < -0.3 is 15.5 Å². The van der Waals surface area contributed by atoms with E-state index in [1.165, 1.54) is 6.07 Å². The SMILES string of the molecule is CCN=C(NC1CC1c1c(F)cccc1Cl)N1CCC(CC(=O)NC)CC1.I. The van der Waals surface area contributed by atoms with Crippen molar-refractivity contribution in [1.29, 1.82) is 0 Å². The van der Waals surface area contributed by atoms with Crippen molar-refractivity contribution < 1.29 is 9.18 Å². The van der Waals surface area contributed by atoms with E-state index < -0.39 is 0 Å². The minimum absolute atomic E-state index is 0. The molecular formula is C20H29ClFIN4O. The molecule has 2 unspecified atom stereocenters. The summed E-state index contributed by atoms with van der Waals surface area (Å²) in [5.41, 5.74) is 0.608. The molecule has 5 nitrogen and oxygen atoms in total. The first-order chi connectivity index (χ1) is 13.0. The highest BCUT2D eigenvalue weighted by Crippen LogP contribution is 2.45. The molecule has 0 spiro atoms. The van der Waals surface area contributed by atoms with Crippen LogP contribution in [-0.2, 0) is 4.79 Å². The molecule has 1 aromatic rings. The van der Waals surface area contributed by atoms with Gasteiger partial charge in [0.1, 0.15) is 5.82 Å². The van der Waals surface area contributed by atoms with Crippen LogP contribution in [-0.4, -0.2) is 49.5 Å². The van der Waals surface area contributed by atoms with E-state index in [9.17, 15) is 9.18 Å². The average molecular weight is 523 g/mol. The van der Waals surface area contributed by atoms with Gasteiger partial charge in [-0.3, -0.25) is 9.79 Å². The molecule has 0 aromatic heterocycles. The van der Waals surface area contributed by atoms with Crippen LogP contribution in [0.5, 0.6) is 0 Å². The standard InChI is InChI=1S/C20H28ClFN4O.HI/c1-3-24-20(26-9-7-13(8-10-26)11-18(27)23-2)25-17-12-14(17)19-15(21)5-4-6-16(19)22;/h4-6,13-14,17H,3,7-12H2,1-2H3,(H,23,27)(H,24,25);1H. The van der Waals surface area contributed by atoms with E-state index >= 15 is 0 Å². The van der Waals surface area contributed by atoms with E-state index in [0.717, 1.165) is 38.3 Å². The lowest BCUT2D eigenvalue weighted by molar-refractivity contribution is -0.121. The molecule has 156 valence electrons. The molecule has 2 atom stereocenters. The summed E-state index contributed by atoms with van der Waals surface area (Å²) in [6.45, 7) is 4.47. The molecule has 8 heteroatoms. The van der Waals surface area contributed by atoms with Gasteiger partial charge in [0.05, 0.1) is 0 Å². The second-order valence-corrected chi connectivity index (χ2v) is 7.74. The number of amides is 1. The third-order valence-electron chi connectivity index (χ3n) is 5.45. The molecule has 2 N–H and O–H groups in total. The first-order valence-corrected chi connectivity index (χ1v) is 10.1. The number of halogens is 3. The Labute approximate surface area is 188 Å². The lowest BCUT2D eigenvalue weighted by Crippen LogP contribution is -2.47. The number of aliphatic imine (C=N–C) groups is 1. The molecule has 3 rings (SSSR count). The van der Waals surface area contributed by atoms with Crippen LogP contribution in [0.3, 0.4) is 0 Å². The number of carbonyl (C=O) groups is 1. The highest BCUT2D eigenvalue weighted by atomic mass is 127. The average Bonchev–Trinajstić information content (AvgIpc) is 3.40. The van der Waals surface area contributed by atoms with Gasteiger partial charge in [-0.1, -0.05) is 17.7 Å². The van der Waals surface area contributed by atoms with E-state index in [-0.39, 0.29) is 47.7 Å². The number of nitrogens with zero attached hydrogens (tertiary/aromatic N) is 2. The summed E-state index contributed by atoms with van der Waals surface area (Å²) in [6, 6.07) is 5.01. The minimum Gasteiger partial charge on any atom is -0.359 e. The molecule has 1 saturated heterocycles. The molecule has 1 amide bonds. The molecule has 28 heavy (non-hydrogen) atoms. The van der Waals surface area contributed by atoms with Crippen molar-refractivity contribution in [3.8, 4) is 0 Å². The van der Waals surface area contributed by atoms with Gasteiger partial charge in [-0.05, 0) is 44.2 Å². The molecule has 1 aliphatic heterocycles. The molecule has 1 aliphatic carbocycles. The van der Waals surface area contributed by atoms with Gasteiger partial charge in [0.2, 0.25) is 5.91 Å². The molecular weight excluding hydrogens is 494 g/mol. The number of nitrogens with one attached hydrogen (secondary N) is 2. The van der Waals surface area contributed by atoms with Gasteiger partial charge in [0.15, 0.2) is 5.96 Å². The van der Waals surface area contributed by atoms with Gasteiger partial charge in [-0.25, -0.2) is 4.39 Å². The van der Waals surface area contributed by atoms with E-state index in [0.29, 0.717) is 29.5 Å². The van der Waals surface area contributed by atoms with Crippen LogP contribution in [0.2, 0.25) is 5.02 Å². The van der Waals surface area contributed by atoms with E-state index in [1.54, 1.807) is 19.2 Å². The summed E-state index contributed by atoms with van der Waals surface area (Å²) in [5, 5.41) is 6.70. The van der Waals surface area contributed by atoms with Crippen molar-refractivity contribution in [2.75, 3.05) is 26.7 Å². The van der Waals surface area contributed by atoms with Crippen LogP contribution in [0.4, 0.5) is 4.39 Å². The Kier molecular flexibility index (Phi) is 8.80. The summed E-state index contributed by atoms with van der Waals surface area (Å²) < 4.78 is 14.1. The number of likely N-dealkylation sites (tertiary alicyclic amines) is 1. The number of hydrogen-bond acceptors (Lipinski definition) is 2. The van der Waals surface area contributed by atoms with Gasteiger partial charge in [-0.2, -0.15) is 0 Å². The maximum Gasteiger partial charge on any atom is 0.220 e. The highest BCUT2D eigenvalue weighted by Gasteiger charge is 2.42. The Morgan fingerprint density at radius 3 is 2.68 bits per heavy atom. The molecule has 1 saturated carbocycles. The van der Waals surface area contributed by atoms with Crippen molar-refractivity contribution in [3.05, 3.63) is 34.6 Å². The number of carbonyl (C=O) groups excluding carboxylic acids is 1. The predicted octanol–water partition coefficient (Wildman–Crippen LogP) is 3.77. The zero-order valence-electron chi connectivity index (χ0n) is 16.4. The predicted molar refractivity (Wildman–Crippen MR) is 122 cm³/mol. The monoisotopic (exact) mass is 522 g/mol. The molecule has 2 aliphatic rings. The zero-order valence-corrected chi connectivity index (χ0v) is 19.5. The number of rotatable bonds is 5. The summed E-state index contributed by atoms with van der Waals surface area (Å²) >= 11 is 6.20. The van der Waals surface area contributed by atoms with E-state index in [4.69, 9.17) is 11.6 Å². The smallest absolute Gasteiger partial charge is 0.220 e. The van der Waals surface area contributed by atoms with Crippen LogP contribution < -0.4 is 10.6 Å². The first kappa shape index (κ1) is 23.2. The van der Waals surface area contributed by atoms with Crippen molar-refractivity contribution in [3.63, 3.8) is 0 Å². The second kappa shape index (κ2) is 10.6. The third kappa shape index (κ3) is 5.72. The summed E-state index contributed by atoms with van der Waals surface area (Å²) in [7, 11) is 1.68. The van der Waals surface area contributed by atoms with Crippen molar-refractivity contribution in [2.24, 2.45) is 10.9 Å². The van der Waals surface area contributed by atoms with Gasteiger partial charge in [-0.15, -0.1) is 24.0 Å². The summed E-state index contributed by atoms with van der Waals surface area (Å²) in [4.78, 5) is 18.5. The fourth-order valence-electron chi connectivity index (χ4n) is 3.80. The largest absolute Gasteiger partial charge is 0.359 e. The van der Waals surface area contributed by atoms with Gasteiger partial charge in [0, 0.05) is 55.6 Å². The van der Waals surface area contributed by atoms with Crippen LogP contribution in [0.1, 0.15) is 44.1 Å². The second-order valence-electron chi connectivity index (χ2n) is 7.33. The van der Waals surface area contributed by atoms with Crippen LogP contribution in [0.15, 0.2) is 23.2 Å². The molecule has 0 bridgehead atoms. The van der Waals surface area contributed by atoms with Crippen LogP contribution in [0, 0.1) is 11.7 Å². The number of piperidine rings is 1. The fraction of sp³-hybridized carbons (Fsp3) is 0.600. The quantitative estimate of drug-likeness (QED) is 0.352. The highest BCUT2D eigenvalue weighted by molar-refractivity contribution is 14.0. The normalized spacial score (nSPS) is 22.4. The Balaban J connectivity index is 0.00000280. The van der Waals surface area contributed by atoms with Crippen molar-refractivity contribution in [1.82, 2.24) is 15.5 Å². The van der Waals surface area contributed by atoms with Gasteiger partial charge in [0.25, 0.3) is 0 Å². The minimum atomic E-state index is -0.235. The molecule has 1 heterocycles. The Hall–Kier alpha value is -1.09. The molecule has 1 aromatic carbocycles. The maximum absolute atomic E-state index is 14.1. The zero-order chi connectivity index (χ0) is 19.4. The molecule has 2 fully saturated rings. The maximum atomic E-state index is 14.1. The van der Waals surface area contributed by atoms with Gasteiger partial charge >= 0.3 is 0 Å². The van der Waals surface area contributed by atoms with E-state index in [2.05, 4.69) is 20.5 Å². The summed E-state index contributed by atoms with van der Waals surface area (Å²) in [6.07, 6.45) is 3.40. The Morgan fingerprint density at radius 1 is 1.36 bits per heavy atom. The van der Waals surface area contributed by atoms with Crippen molar-refractivity contribution >= 4 is 47.4 Å². The molecule has 0 radical (unpaired) electrons. The lowest BCUT2D eigenvalue weighted by Gasteiger charge is -2.34. The number of hydrogen-bond donors (Lipinski definition) is 2.